The van der Waals surface area contributed by atoms with Crippen molar-refractivity contribution in [1.29, 1.82) is 0 Å². The van der Waals surface area contributed by atoms with E-state index in [2.05, 4.69) is 27.3 Å². The smallest absolute Gasteiger partial charge is 0.323 e. The van der Waals surface area contributed by atoms with Gasteiger partial charge < -0.3 is 9.64 Å². The van der Waals surface area contributed by atoms with E-state index in [-0.39, 0.29) is 6.03 Å². The van der Waals surface area contributed by atoms with E-state index >= 15 is 0 Å². The van der Waals surface area contributed by atoms with E-state index < -0.39 is 0 Å². The molecule has 8 heteroatoms. The number of halogens is 1. The van der Waals surface area contributed by atoms with Crippen LogP contribution >= 0.6 is 11.6 Å². The molecule has 0 radical (unpaired) electrons. The van der Waals surface area contributed by atoms with Gasteiger partial charge in [0.25, 0.3) is 0 Å². The predicted octanol–water partition coefficient (Wildman–Crippen LogP) is 5.38. The van der Waals surface area contributed by atoms with Crippen molar-refractivity contribution in [3.8, 4) is 11.5 Å². The Labute approximate surface area is 208 Å². The number of fused-ring (bicyclic) bond motifs is 2. The summed E-state index contributed by atoms with van der Waals surface area (Å²) in [5.41, 5.74) is 2.04. The van der Waals surface area contributed by atoms with Crippen molar-refractivity contribution in [1.82, 2.24) is 19.2 Å². The van der Waals surface area contributed by atoms with Gasteiger partial charge in [-0.3, -0.25) is 14.6 Å². The summed E-state index contributed by atoms with van der Waals surface area (Å²) in [4.78, 5) is 21.7. The first kappa shape index (κ1) is 21.9. The van der Waals surface area contributed by atoms with Crippen LogP contribution in [0.5, 0.6) is 11.5 Å². The van der Waals surface area contributed by atoms with Crippen LogP contribution in [-0.2, 0) is 6.54 Å². The van der Waals surface area contributed by atoms with E-state index in [9.17, 15) is 4.79 Å². The fourth-order valence-electron chi connectivity index (χ4n) is 5.20. The van der Waals surface area contributed by atoms with Crippen molar-refractivity contribution < 1.29 is 9.53 Å². The summed E-state index contributed by atoms with van der Waals surface area (Å²) in [5, 5.41) is 3.72. The topological polar surface area (TPSA) is 62.1 Å². The van der Waals surface area contributed by atoms with Gasteiger partial charge in [-0.2, -0.15) is 0 Å². The van der Waals surface area contributed by atoms with Crippen molar-refractivity contribution in [3.05, 3.63) is 89.7 Å². The number of amides is 2. The van der Waals surface area contributed by atoms with Gasteiger partial charge in [-0.1, -0.05) is 29.8 Å². The predicted molar refractivity (Wildman–Crippen MR) is 136 cm³/mol. The van der Waals surface area contributed by atoms with Crippen LogP contribution < -0.4 is 10.1 Å². The van der Waals surface area contributed by atoms with Crippen molar-refractivity contribution in [2.75, 3.05) is 31.5 Å². The van der Waals surface area contributed by atoms with Crippen molar-refractivity contribution in [3.63, 3.8) is 0 Å². The molecule has 35 heavy (non-hydrogen) atoms. The number of nitrogens with one attached hydrogen (secondary N) is 1. The monoisotopic (exact) mass is 487 g/mol. The van der Waals surface area contributed by atoms with Gasteiger partial charge in [-0.25, -0.2) is 9.78 Å². The molecule has 1 N–H and O–H groups in total. The summed E-state index contributed by atoms with van der Waals surface area (Å²) < 4.78 is 7.88. The average Bonchev–Trinajstić information content (AvgIpc) is 3.55. The Hall–Kier alpha value is -3.55. The lowest BCUT2D eigenvalue weighted by Crippen LogP contribution is -2.36. The Kier molecular flexibility index (Phi) is 5.80. The van der Waals surface area contributed by atoms with Crippen LogP contribution in [0.3, 0.4) is 0 Å². The first-order valence-corrected chi connectivity index (χ1v) is 12.2. The number of aromatic nitrogens is 2. The molecule has 2 atom stereocenters. The Balaban J connectivity index is 1.03. The molecule has 4 aromatic rings. The third-order valence-corrected chi connectivity index (χ3v) is 7.11. The van der Waals surface area contributed by atoms with Gasteiger partial charge in [-0.15, -0.1) is 0 Å². The van der Waals surface area contributed by atoms with E-state index in [0.717, 1.165) is 49.9 Å². The third kappa shape index (κ3) is 4.70. The number of carbonyl (C=O) groups is 1. The van der Waals surface area contributed by atoms with Gasteiger partial charge in [0.05, 0.1) is 6.20 Å². The van der Waals surface area contributed by atoms with Crippen molar-refractivity contribution >= 4 is 29.1 Å². The maximum atomic E-state index is 12.9. The van der Waals surface area contributed by atoms with Gasteiger partial charge in [0.1, 0.15) is 23.0 Å². The highest BCUT2D eigenvalue weighted by Crippen LogP contribution is 2.33. The minimum atomic E-state index is -0.0522. The number of hydrogen-bond acceptors (Lipinski definition) is 4. The molecule has 0 saturated carbocycles. The summed E-state index contributed by atoms with van der Waals surface area (Å²) in [6.45, 7) is 4.42. The Morgan fingerprint density at radius 2 is 1.77 bits per heavy atom. The fourth-order valence-corrected chi connectivity index (χ4v) is 5.33. The van der Waals surface area contributed by atoms with Crippen LogP contribution in [0, 0.1) is 11.8 Å². The number of rotatable bonds is 5. The summed E-state index contributed by atoms with van der Waals surface area (Å²) in [5.74, 6) is 3.28. The lowest BCUT2D eigenvalue weighted by atomic mass is 10.0. The zero-order valence-electron chi connectivity index (χ0n) is 19.2. The number of ether oxygens (including phenoxy) is 1. The summed E-state index contributed by atoms with van der Waals surface area (Å²) in [7, 11) is 0. The van der Waals surface area contributed by atoms with E-state index in [1.54, 1.807) is 6.20 Å². The van der Waals surface area contributed by atoms with Gasteiger partial charge >= 0.3 is 6.03 Å². The van der Waals surface area contributed by atoms with Gasteiger partial charge in [-0.05, 0) is 65.9 Å². The zero-order chi connectivity index (χ0) is 23.8. The molecular formula is C27H26ClN5O2. The molecule has 6 rings (SSSR count). The van der Waals surface area contributed by atoms with Crippen LogP contribution in [-0.4, -0.2) is 51.4 Å². The van der Waals surface area contributed by atoms with E-state index in [1.165, 1.54) is 5.56 Å². The number of imidazole rings is 1. The number of pyridine rings is 1. The lowest BCUT2D eigenvalue weighted by Gasteiger charge is -2.22. The maximum absolute atomic E-state index is 12.9. The van der Waals surface area contributed by atoms with E-state index in [0.29, 0.717) is 22.7 Å². The molecule has 0 aliphatic carbocycles. The molecule has 2 saturated heterocycles. The van der Waals surface area contributed by atoms with E-state index in [4.69, 9.17) is 16.3 Å². The van der Waals surface area contributed by atoms with Crippen molar-refractivity contribution in [2.45, 2.75) is 6.54 Å². The fraction of sp³-hybridized carbons (Fsp3) is 0.259. The molecule has 2 aromatic carbocycles. The second-order valence-corrected chi connectivity index (χ2v) is 9.76. The summed E-state index contributed by atoms with van der Waals surface area (Å²) in [6.07, 6.45) is 3.61. The molecule has 0 bridgehead atoms. The largest absolute Gasteiger partial charge is 0.457 e. The Bertz CT molecular complexity index is 1340. The SMILES string of the molecule is O=C(Nc1cnc2ccccn12)N1CC2CN(Cc3cccc(Oc4ccc(Cl)cc4)c3)CC2C1. The summed E-state index contributed by atoms with van der Waals surface area (Å²) >= 11 is 5.96. The minimum absolute atomic E-state index is 0.0522. The third-order valence-electron chi connectivity index (χ3n) is 6.86. The number of carbonyl (C=O) groups excluding carboxylic acids is 1. The molecule has 2 fully saturated rings. The maximum Gasteiger partial charge on any atom is 0.323 e. The summed E-state index contributed by atoms with van der Waals surface area (Å²) in [6, 6.07) is 21.4. The quantitative estimate of drug-likeness (QED) is 0.411. The molecular weight excluding hydrogens is 462 g/mol. The second kappa shape index (κ2) is 9.24. The van der Waals surface area contributed by atoms with Crippen LogP contribution in [0.15, 0.2) is 79.1 Å². The molecule has 7 nitrogen and oxygen atoms in total. The first-order chi connectivity index (χ1) is 17.1. The number of anilines is 1. The molecule has 0 spiro atoms. The first-order valence-electron chi connectivity index (χ1n) is 11.8. The number of benzene rings is 2. The van der Waals surface area contributed by atoms with Gasteiger partial charge in [0, 0.05) is 43.9 Å². The molecule has 178 valence electrons. The van der Waals surface area contributed by atoms with E-state index in [1.807, 2.05) is 70.1 Å². The molecule has 2 amide bonds. The molecule has 2 unspecified atom stereocenters. The molecule has 2 aliphatic heterocycles. The molecule has 2 aromatic heterocycles. The van der Waals surface area contributed by atoms with Crippen LogP contribution in [0.2, 0.25) is 5.02 Å². The van der Waals surface area contributed by atoms with Crippen LogP contribution in [0.1, 0.15) is 5.56 Å². The Morgan fingerprint density at radius 1 is 0.971 bits per heavy atom. The highest BCUT2D eigenvalue weighted by Gasteiger charge is 2.41. The zero-order valence-corrected chi connectivity index (χ0v) is 19.9. The number of likely N-dealkylation sites (tertiary alicyclic amines) is 2. The molecule has 4 heterocycles. The highest BCUT2D eigenvalue weighted by atomic mass is 35.5. The standard InChI is InChI=1S/C27H26ClN5O2/c28-22-7-9-23(10-8-22)35-24-5-3-4-19(12-24)14-31-15-20-17-32(18-21(20)16-31)27(34)30-26-13-29-25-6-1-2-11-33(25)26/h1-13,20-21H,14-18H2,(H,30,34). The number of nitrogens with zero attached hydrogens (tertiary/aromatic N) is 4. The van der Waals surface area contributed by atoms with Gasteiger partial charge in [0.15, 0.2) is 0 Å². The highest BCUT2D eigenvalue weighted by molar-refractivity contribution is 6.30. The Morgan fingerprint density at radius 3 is 2.57 bits per heavy atom. The number of hydrogen-bond donors (Lipinski definition) is 1. The molecule has 2 aliphatic rings. The van der Waals surface area contributed by atoms with Crippen molar-refractivity contribution in [2.24, 2.45) is 11.8 Å². The van der Waals surface area contributed by atoms with Crippen LogP contribution in [0.4, 0.5) is 10.6 Å². The van der Waals surface area contributed by atoms with Gasteiger partial charge in [0.2, 0.25) is 0 Å². The second-order valence-electron chi connectivity index (χ2n) is 9.33. The minimum Gasteiger partial charge on any atom is -0.457 e. The average molecular weight is 488 g/mol. The number of urea groups is 1. The lowest BCUT2D eigenvalue weighted by molar-refractivity contribution is 0.211. The van der Waals surface area contributed by atoms with Crippen LogP contribution in [0.25, 0.3) is 5.65 Å². The normalized spacial score (nSPS) is 19.7.